The van der Waals surface area contributed by atoms with Gasteiger partial charge < -0.3 is 14.2 Å². The zero-order valence-electron chi connectivity index (χ0n) is 15.6. The number of halogens is 1. The van der Waals surface area contributed by atoms with Crippen molar-refractivity contribution in [3.63, 3.8) is 0 Å². The van der Waals surface area contributed by atoms with Gasteiger partial charge in [-0.3, -0.25) is 4.57 Å². The van der Waals surface area contributed by atoms with Crippen LogP contribution in [0.3, 0.4) is 0 Å². The van der Waals surface area contributed by atoms with Crippen molar-refractivity contribution in [1.29, 1.82) is 0 Å². The summed E-state index contributed by atoms with van der Waals surface area (Å²) in [5, 5.41) is 1.40. The minimum atomic E-state index is -4.49. The fraction of sp³-hybridized carbons (Fsp3) is 0. The number of benzene rings is 4. The van der Waals surface area contributed by atoms with Crippen LogP contribution in [0.15, 0.2) is 93.8 Å². The Labute approximate surface area is 181 Å². The molecule has 0 saturated heterocycles. The lowest BCUT2D eigenvalue weighted by Crippen LogP contribution is -2.03. The molecule has 0 aliphatic carbocycles. The molecule has 148 valence electrons. The van der Waals surface area contributed by atoms with E-state index in [1.165, 1.54) is 6.07 Å². The standard InChI is InChI=1S/C24H16BrO4P/c25-18-14-19-23(17-12-7-13-20(24(17)29-19)30(26,27)28)22(16-10-5-2-6-11-16)21(18)15-8-3-1-4-9-15/h1-14H,(H2,26,27,28). The highest BCUT2D eigenvalue weighted by Crippen LogP contribution is 2.47. The molecule has 0 amide bonds. The Morgan fingerprint density at radius 3 is 1.97 bits per heavy atom. The van der Waals surface area contributed by atoms with Crippen LogP contribution in [-0.2, 0) is 4.57 Å². The van der Waals surface area contributed by atoms with Gasteiger partial charge in [0.15, 0.2) is 5.58 Å². The molecule has 30 heavy (non-hydrogen) atoms. The molecule has 4 nitrogen and oxygen atoms in total. The summed E-state index contributed by atoms with van der Waals surface area (Å²) in [7, 11) is -4.49. The van der Waals surface area contributed by atoms with Crippen LogP contribution >= 0.6 is 23.5 Å². The topological polar surface area (TPSA) is 70.7 Å². The summed E-state index contributed by atoms with van der Waals surface area (Å²) >= 11 is 3.70. The molecule has 0 aliphatic rings. The summed E-state index contributed by atoms with van der Waals surface area (Å²) in [6, 6.07) is 26.8. The highest BCUT2D eigenvalue weighted by molar-refractivity contribution is 9.10. The molecule has 0 fully saturated rings. The molecular formula is C24H16BrO4P. The van der Waals surface area contributed by atoms with Gasteiger partial charge in [-0.1, -0.05) is 72.8 Å². The van der Waals surface area contributed by atoms with Crippen molar-refractivity contribution in [1.82, 2.24) is 0 Å². The predicted molar refractivity (Wildman–Crippen MR) is 124 cm³/mol. The highest BCUT2D eigenvalue weighted by atomic mass is 79.9. The zero-order chi connectivity index (χ0) is 20.9. The maximum Gasteiger partial charge on any atom is 0.360 e. The Morgan fingerprint density at radius 1 is 0.767 bits per heavy atom. The quantitative estimate of drug-likeness (QED) is 0.291. The smallest absolute Gasteiger partial charge is 0.360 e. The third-order valence-corrected chi connectivity index (χ3v) is 6.76. The average molecular weight is 479 g/mol. The van der Waals surface area contributed by atoms with Crippen molar-refractivity contribution >= 4 is 50.8 Å². The molecule has 1 heterocycles. The molecule has 5 rings (SSSR count). The number of hydrogen-bond donors (Lipinski definition) is 2. The molecule has 5 aromatic rings. The molecular weight excluding hydrogens is 463 g/mol. The van der Waals surface area contributed by atoms with Gasteiger partial charge in [-0.05, 0) is 39.2 Å². The van der Waals surface area contributed by atoms with Crippen LogP contribution in [0, 0.1) is 0 Å². The fourth-order valence-corrected chi connectivity index (χ4v) is 5.27. The second kappa shape index (κ2) is 7.22. The van der Waals surface area contributed by atoms with E-state index >= 15 is 0 Å². The van der Waals surface area contributed by atoms with Crippen LogP contribution in [0.25, 0.3) is 44.2 Å². The summed E-state index contributed by atoms with van der Waals surface area (Å²) in [6.45, 7) is 0. The van der Waals surface area contributed by atoms with Gasteiger partial charge in [0.05, 0.1) is 0 Å². The maximum absolute atomic E-state index is 12.1. The minimum absolute atomic E-state index is 0.104. The summed E-state index contributed by atoms with van der Waals surface area (Å²) in [4.78, 5) is 19.7. The summed E-state index contributed by atoms with van der Waals surface area (Å²) in [5.41, 5.74) is 4.76. The number of fused-ring (bicyclic) bond motifs is 3. The first-order valence-corrected chi connectivity index (χ1v) is 11.7. The van der Waals surface area contributed by atoms with Crippen LogP contribution in [0.2, 0.25) is 0 Å². The van der Waals surface area contributed by atoms with Crippen molar-refractivity contribution in [3.8, 4) is 22.3 Å². The summed E-state index contributed by atoms with van der Waals surface area (Å²) in [5.74, 6) is 0. The van der Waals surface area contributed by atoms with E-state index < -0.39 is 7.60 Å². The van der Waals surface area contributed by atoms with Crippen LogP contribution in [-0.4, -0.2) is 9.79 Å². The van der Waals surface area contributed by atoms with Gasteiger partial charge in [0.25, 0.3) is 0 Å². The van der Waals surface area contributed by atoms with E-state index in [1.54, 1.807) is 6.07 Å². The van der Waals surface area contributed by atoms with Gasteiger partial charge in [0.1, 0.15) is 10.9 Å². The Morgan fingerprint density at radius 2 is 1.37 bits per heavy atom. The molecule has 0 bridgehead atoms. The first kappa shape index (κ1) is 19.3. The lowest BCUT2D eigenvalue weighted by Gasteiger charge is -2.14. The van der Waals surface area contributed by atoms with Crippen LogP contribution < -0.4 is 5.30 Å². The maximum atomic E-state index is 12.1. The third-order valence-electron chi connectivity index (χ3n) is 5.16. The average Bonchev–Trinajstić information content (AvgIpc) is 3.11. The second-order valence-corrected chi connectivity index (χ2v) is 9.44. The number of rotatable bonds is 3. The first-order valence-electron chi connectivity index (χ1n) is 9.30. The molecule has 4 aromatic carbocycles. The fourth-order valence-electron chi connectivity index (χ4n) is 3.92. The highest BCUT2D eigenvalue weighted by Gasteiger charge is 2.26. The molecule has 0 radical (unpaired) electrons. The van der Waals surface area contributed by atoms with Gasteiger partial charge >= 0.3 is 7.60 Å². The molecule has 1 aromatic heterocycles. The number of hydrogen-bond acceptors (Lipinski definition) is 2. The molecule has 6 heteroatoms. The van der Waals surface area contributed by atoms with Crippen molar-refractivity contribution in [2.24, 2.45) is 0 Å². The predicted octanol–water partition coefficient (Wildman–Crippen LogP) is 6.49. The van der Waals surface area contributed by atoms with Gasteiger partial charge in [-0.2, -0.15) is 0 Å². The lowest BCUT2D eigenvalue weighted by molar-refractivity contribution is 0.387. The van der Waals surface area contributed by atoms with E-state index in [0.29, 0.717) is 11.0 Å². The van der Waals surface area contributed by atoms with E-state index in [0.717, 1.165) is 32.1 Å². The van der Waals surface area contributed by atoms with E-state index in [4.69, 9.17) is 4.42 Å². The molecule has 0 spiro atoms. The van der Waals surface area contributed by atoms with Gasteiger partial charge in [-0.25, -0.2) is 0 Å². The van der Waals surface area contributed by atoms with Gasteiger partial charge in [-0.15, -0.1) is 0 Å². The second-order valence-electron chi connectivity index (χ2n) is 7.01. The van der Waals surface area contributed by atoms with E-state index in [-0.39, 0.29) is 10.9 Å². The summed E-state index contributed by atoms with van der Waals surface area (Å²) < 4.78 is 18.9. The van der Waals surface area contributed by atoms with Gasteiger partial charge in [0.2, 0.25) is 0 Å². The molecule has 0 aliphatic heterocycles. The lowest BCUT2D eigenvalue weighted by atomic mass is 9.90. The van der Waals surface area contributed by atoms with E-state index in [1.807, 2.05) is 72.8 Å². The largest absolute Gasteiger partial charge is 0.455 e. The van der Waals surface area contributed by atoms with E-state index in [9.17, 15) is 14.4 Å². The number of furan rings is 1. The van der Waals surface area contributed by atoms with Crippen molar-refractivity contribution in [2.75, 3.05) is 0 Å². The molecule has 0 saturated carbocycles. The Bertz CT molecular complexity index is 1440. The minimum Gasteiger partial charge on any atom is -0.455 e. The molecule has 0 unspecified atom stereocenters. The number of para-hydroxylation sites is 1. The monoisotopic (exact) mass is 478 g/mol. The van der Waals surface area contributed by atoms with Crippen molar-refractivity contribution in [3.05, 3.63) is 89.4 Å². The van der Waals surface area contributed by atoms with Crippen LogP contribution in [0.5, 0.6) is 0 Å². The SMILES string of the molecule is O=P(O)(O)c1cccc2c1oc1cc(Br)c(-c3ccccc3)c(-c3ccccc3)c12. The molecule has 2 N–H and O–H groups in total. The Hall–Kier alpha value is -2.69. The normalized spacial score (nSPS) is 12.0. The van der Waals surface area contributed by atoms with Crippen molar-refractivity contribution < 1.29 is 18.8 Å². The van der Waals surface area contributed by atoms with Crippen LogP contribution in [0.4, 0.5) is 0 Å². The summed E-state index contributed by atoms with van der Waals surface area (Å²) in [6.07, 6.45) is 0. The Balaban J connectivity index is 2.01. The van der Waals surface area contributed by atoms with E-state index in [2.05, 4.69) is 15.9 Å². The third kappa shape index (κ3) is 3.11. The molecule has 0 atom stereocenters. The Kier molecular flexibility index (Phi) is 4.64. The van der Waals surface area contributed by atoms with Crippen LogP contribution in [0.1, 0.15) is 0 Å². The first-order chi connectivity index (χ1) is 14.4. The zero-order valence-corrected chi connectivity index (χ0v) is 18.1. The van der Waals surface area contributed by atoms with Crippen molar-refractivity contribution in [2.45, 2.75) is 0 Å². The van der Waals surface area contributed by atoms with Gasteiger partial charge in [0, 0.05) is 26.4 Å².